The van der Waals surface area contributed by atoms with Gasteiger partial charge in [0, 0.05) is 16.8 Å². The van der Waals surface area contributed by atoms with Gasteiger partial charge in [0.25, 0.3) is 0 Å². The van der Waals surface area contributed by atoms with Gasteiger partial charge in [-0.05, 0) is 54.3 Å². The van der Waals surface area contributed by atoms with Crippen LogP contribution in [0.15, 0.2) is 47.3 Å². The topological polar surface area (TPSA) is 60.6 Å². The van der Waals surface area contributed by atoms with Gasteiger partial charge < -0.3 is 19.2 Å². The summed E-state index contributed by atoms with van der Waals surface area (Å²) in [6.45, 7) is 0.856. The Labute approximate surface area is 159 Å². The van der Waals surface area contributed by atoms with Gasteiger partial charge in [0.2, 0.25) is 12.4 Å². The minimum Gasteiger partial charge on any atom is -0.491 e. The zero-order valence-corrected chi connectivity index (χ0v) is 15.7. The van der Waals surface area contributed by atoms with Gasteiger partial charge in [-0.3, -0.25) is 4.79 Å². The van der Waals surface area contributed by atoms with Crippen molar-refractivity contribution < 1.29 is 14.2 Å². The Morgan fingerprint density at radius 3 is 2.81 bits per heavy atom. The number of pyridine rings is 1. The summed E-state index contributed by atoms with van der Waals surface area (Å²) in [6, 6.07) is 13.1. The third-order valence-electron chi connectivity index (χ3n) is 4.33. The first-order valence-corrected chi connectivity index (χ1v) is 9.63. The van der Waals surface area contributed by atoms with E-state index >= 15 is 0 Å². The van der Waals surface area contributed by atoms with Gasteiger partial charge in [0.05, 0.1) is 12.1 Å². The third-order valence-corrected chi connectivity index (χ3v) is 4.89. The molecule has 0 atom stereocenters. The van der Waals surface area contributed by atoms with E-state index in [1.807, 2.05) is 36.4 Å². The normalized spacial score (nSPS) is 12.5. The molecule has 0 saturated heterocycles. The Morgan fingerprint density at radius 2 is 1.92 bits per heavy atom. The van der Waals surface area contributed by atoms with Crippen LogP contribution < -0.4 is 19.8 Å². The number of halogens is 1. The van der Waals surface area contributed by atoms with Crippen molar-refractivity contribution in [2.24, 2.45) is 0 Å². The number of aromatic amines is 1. The fourth-order valence-electron chi connectivity index (χ4n) is 3.04. The van der Waals surface area contributed by atoms with Crippen molar-refractivity contribution in [2.75, 3.05) is 18.7 Å². The maximum absolute atomic E-state index is 11.9. The molecule has 0 amide bonds. The van der Waals surface area contributed by atoms with Gasteiger partial charge in [0.1, 0.15) is 5.75 Å². The van der Waals surface area contributed by atoms with Crippen molar-refractivity contribution in [1.29, 1.82) is 0 Å². The van der Waals surface area contributed by atoms with E-state index in [0.29, 0.717) is 17.9 Å². The lowest BCUT2D eigenvalue weighted by Gasteiger charge is -2.13. The number of hydrogen-bond acceptors (Lipinski definition) is 4. The van der Waals surface area contributed by atoms with E-state index in [1.54, 1.807) is 0 Å². The zero-order chi connectivity index (χ0) is 17.9. The molecule has 0 unspecified atom stereocenters. The van der Waals surface area contributed by atoms with Crippen LogP contribution in [0.4, 0.5) is 0 Å². The molecular weight excluding hydrogens is 398 g/mol. The SMILES string of the molecule is O=c1ccc2c(-c3ccc4c(c3)OCO4)ccc(OCCCCBr)c2[nH]1. The molecular formula is C20H18BrNO4. The minimum absolute atomic E-state index is 0.148. The number of hydrogen-bond donors (Lipinski definition) is 1. The van der Waals surface area contributed by atoms with Crippen LogP contribution in [-0.2, 0) is 0 Å². The van der Waals surface area contributed by atoms with Gasteiger partial charge in [-0.1, -0.05) is 22.0 Å². The quantitative estimate of drug-likeness (QED) is 0.476. The fourth-order valence-corrected chi connectivity index (χ4v) is 3.44. The maximum Gasteiger partial charge on any atom is 0.248 e. The van der Waals surface area contributed by atoms with Crippen LogP contribution in [0, 0.1) is 0 Å². The lowest BCUT2D eigenvalue weighted by molar-refractivity contribution is 0.174. The second-order valence-corrected chi connectivity index (χ2v) is 6.83. The summed E-state index contributed by atoms with van der Waals surface area (Å²) in [4.78, 5) is 14.8. The van der Waals surface area contributed by atoms with E-state index in [2.05, 4.69) is 20.9 Å². The molecule has 1 aliphatic rings. The second-order valence-electron chi connectivity index (χ2n) is 6.04. The molecule has 0 fully saturated rings. The highest BCUT2D eigenvalue weighted by atomic mass is 79.9. The van der Waals surface area contributed by atoms with Crippen molar-refractivity contribution in [3.63, 3.8) is 0 Å². The highest BCUT2D eigenvalue weighted by Gasteiger charge is 2.16. The van der Waals surface area contributed by atoms with E-state index in [1.165, 1.54) is 6.07 Å². The number of alkyl halides is 1. The van der Waals surface area contributed by atoms with E-state index in [-0.39, 0.29) is 12.4 Å². The molecule has 0 bridgehead atoms. The highest BCUT2D eigenvalue weighted by molar-refractivity contribution is 9.09. The largest absolute Gasteiger partial charge is 0.491 e. The third kappa shape index (κ3) is 3.29. The summed E-state index contributed by atoms with van der Waals surface area (Å²) in [5.41, 5.74) is 2.57. The van der Waals surface area contributed by atoms with Gasteiger partial charge in [0.15, 0.2) is 11.5 Å². The van der Waals surface area contributed by atoms with Crippen LogP contribution in [0.3, 0.4) is 0 Å². The zero-order valence-electron chi connectivity index (χ0n) is 14.1. The predicted molar refractivity (Wildman–Crippen MR) is 105 cm³/mol. The average molecular weight is 416 g/mol. The molecule has 26 heavy (non-hydrogen) atoms. The number of nitrogens with one attached hydrogen (secondary N) is 1. The molecule has 1 aliphatic heterocycles. The minimum atomic E-state index is -0.148. The van der Waals surface area contributed by atoms with E-state index in [9.17, 15) is 4.79 Å². The van der Waals surface area contributed by atoms with Gasteiger partial charge in [-0.25, -0.2) is 0 Å². The molecule has 3 aromatic rings. The number of benzene rings is 2. The van der Waals surface area contributed by atoms with Crippen molar-refractivity contribution in [3.8, 4) is 28.4 Å². The number of fused-ring (bicyclic) bond motifs is 2. The Hall–Kier alpha value is -2.47. The van der Waals surface area contributed by atoms with Crippen LogP contribution >= 0.6 is 15.9 Å². The molecule has 6 heteroatoms. The molecule has 2 heterocycles. The summed E-state index contributed by atoms with van der Waals surface area (Å²) in [6.07, 6.45) is 2.00. The van der Waals surface area contributed by atoms with E-state index in [0.717, 1.165) is 46.2 Å². The molecule has 0 aliphatic carbocycles. The Kier molecular flexibility index (Phi) is 4.84. The molecule has 5 nitrogen and oxygen atoms in total. The Balaban J connectivity index is 1.75. The number of rotatable bonds is 6. The van der Waals surface area contributed by atoms with Crippen molar-refractivity contribution in [1.82, 2.24) is 4.98 Å². The van der Waals surface area contributed by atoms with Gasteiger partial charge in [-0.15, -0.1) is 0 Å². The number of ether oxygens (including phenoxy) is 3. The lowest BCUT2D eigenvalue weighted by Crippen LogP contribution is -2.06. The van der Waals surface area contributed by atoms with Crippen LogP contribution in [0.2, 0.25) is 0 Å². The smallest absolute Gasteiger partial charge is 0.248 e. The van der Waals surface area contributed by atoms with E-state index < -0.39 is 0 Å². The summed E-state index contributed by atoms with van der Waals surface area (Å²) in [5.74, 6) is 2.17. The summed E-state index contributed by atoms with van der Waals surface area (Å²) >= 11 is 3.42. The first-order chi connectivity index (χ1) is 12.8. The Bertz CT molecular complexity index is 999. The fraction of sp³-hybridized carbons (Fsp3) is 0.250. The lowest BCUT2D eigenvalue weighted by atomic mass is 9.99. The molecule has 134 valence electrons. The van der Waals surface area contributed by atoms with Crippen LogP contribution in [0.25, 0.3) is 22.0 Å². The van der Waals surface area contributed by atoms with Gasteiger partial charge in [-0.2, -0.15) is 0 Å². The molecule has 4 rings (SSSR count). The maximum atomic E-state index is 11.9. The van der Waals surface area contributed by atoms with Crippen LogP contribution in [0.1, 0.15) is 12.8 Å². The van der Waals surface area contributed by atoms with E-state index in [4.69, 9.17) is 14.2 Å². The number of unbranched alkanes of at least 4 members (excludes halogenated alkanes) is 1. The van der Waals surface area contributed by atoms with Crippen LogP contribution in [-0.4, -0.2) is 23.7 Å². The molecule has 0 saturated carbocycles. The van der Waals surface area contributed by atoms with Gasteiger partial charge >= 0.3 is 0 Å². The molecule has 1 aromatic heterocycles. The number of aromatic nitrogens is 1. The molecule has 0 spiro atoms. The van der Waals surface area contributed by atoms with Crippen molar-refractivity contribution in [2.45, 2.75) is 12.8 Å². The average Bonchev–Trinajstić information content (AvgIpc) is 3.13. The molecule has 1 N–H and O–H groups in total. The second kappa shape index (κ2) is 7.41. The first kappa shape index (κ1) is 17.0. The summed E-state index contributed by atoms with van der Waals surface area (Å²) < 4.78 is 16.8. The van der Waals surface area contributed by atoms with Crippen LogP contribution in [0.5, 0.6) is 17.2 Å². The first-order valence-electron chi connectivity index (χ1n) is 8.51. The summed E-state index contributed by atoms with van der Waals surface area (Å²) in [5, 5.41) is 1.89. The monoisotopic (exact) mass is 415 g/mol. The molecule has 0 radical (unpaired) electrons. The standard InChI is InChI=1S/C20H18BrNO4/c21-9-1-2-10-24-17-7-4-14(15-5-8-19(23)22-20(15)17)13-3-6-16-18(11-13)26-12-25-16/h3-8,11H,1-2,9-10,12H2,(H,22,23). The highest BCUT2D eigenvalue weighted by Crippen LogP contribution is 2.39. The Morgan fingerprint density at radius 1 is 1.04 bits per heavy atom. The predicted octanol–water partition coefficient (Wildman–Crippen LogP) is 4.48. The van der Waals surface area contributed by atoms with Crippen molar-refractivity contribution >= 4 is 26.8 Å². The number of H-pyrrole nitrogens is 1. The molecule has 2 aromatic carbocycles. The van der Waals surface area contributed by atoms with Crippen molar-refractivity contribution in [3.05, 3.63) is 52.8 Å². The summed E-state index contributed by atoms with van der Waals surface area (Å²) in [7, 11) is 0.